The van der Waals surface area contributed by atoms with Crippen molar-refractivity contribution in [1.29, 1.82) is 0 Å². The average molecular weight is 511 g/mol. The van der Waals surface area contributed by atoms with E-state index in [-0.39, 0.29) is 12.3 Å². The Labute approximate surface area is 222 Å². The number of nitrogens with one attached hydrogen (secondary N) is 1. The normalized spacial score (nSPS) is 10.7. The Morgan fingerprint density at radius 3 is 1.92 bits per heavy atom. The molecule has 0 aliphatic rings. The molecular formula is C31H30N2O5. The number of amides is 1. The van der Waals surface area contributed by atoms with Crippen LogP contribution in [0.2, 0.25) is 0 Å². The fourth-order valence-electron chi connectivity index (χ4n) is 3.70. The highest BCUT2D eigenvalue weighted by Gasteiger charge is 2.10. The maximum Gasteiger partial charge on any atom is 0.244 e. The minimum atomic E-state index is -0.189. The van der Waals surface area contributed by atoms with Gasteiger partial charge in [-0.3, -0.25) is 4.79 Å². The van der Waals surface area contributed by atoms with Gasteiger partial charge in [0.1, 0.15) is 13.2 Å². The lowest BCUT2D eigenvalue weighted by molar-refractivity contribution is -0.120. The highest BCUT2D eigenvalue weighted by atomic mass is 16.5. The molecule has 7 heteroatoms. The average Bonchev–Trinajstić information content (AvgIpc) is 2.96. The van der Waals surface area contributed by atoms with Crippen molar-refractivity contribution in [2.24, 2.45) is 5.10 Å². The number of carbonyl (C=O) groups excluding carboxylic acids is 1. The topological polar surface area (TPSA) is 78.4 Å². The molecule has 0 bridgehead atoms. The van der Waals surface area contributed by atoms with Gasteiger partial charge in [-0.2, -0.15) is 5.10 Å². The van der Waals surface area contributed by atoms with E-state index in [0.29, 0.717) is 36.2 Å². The molecule has 0 unspecified atom stereocenters. The molecule has 194 valence electrons. The van der Waals surface area contributed by atoms with E-state index in [1.807, 2.05) is 84.9 Å². The van der Waals surface area contributed by atoms with Crippen LogP contribution in [0, 0.1) is 0 Å². The second kappa shape index (κ2) is 13.5. The number of ether oxygens (including phenoxy) is 4. The number of hydrogen-bond acceptors (Lipinski definition) is 6. The lowest BCUT2D eigenvalue weighted by atomic mass is 10.1. The van der Waals surface area contributed by atoms with E-state index in [4.69, 9.17) is 18.9 Å². The molecule has 0 atom stereocenters. The van der Waals surface area contributed by atoms with E-state index < -0.39 is 0 Å². The van der Waals surface area contributed by atoms with E-state index in [1.165, 1.54) is 0 Å². The van der Waals surface area contributed by atoms with Crippen LogP contribution < -0.4 is 24.4 Å². The number of methoxy groups -OCH3 is 2. The lowest BCUT2D eigenvalue weighted by Gasteiger charge is -2.14. The Kier molecular flexibility index (Phi) is 9.34. The summed E-state index contributed by atoms with van der Waals surface area (Å²) in [6.45, 7) is 0.769. The zero-order valence-corrected chi connectivity index (χ0v) is 21.4. The highest BCUT2D eigenvalue weighted by molar-refractivity contribution is 5.84. The first-order valence-corrected chi connectivity index (χ1v) is 12.1. The molecule has 38 heavy (non-hydrogen) atoms. The minimum Gasteiger partial charge on any atom is -0.493 e. The third-order valence-electron chi connectivity index (χ3n) is 5.66. The summed E-state index contributed by atoms with van der Waals surface area (Å²) in [4.78, 5) is 12.1. The summed E-state index contributed by atoms with van der Waals surface area (Å²) in [7, 11) is 3.19. The van der Waals surface area contributed by atoms with Gasteiger partial charge < -0.3 is 18.9 Å². The Morgan fingerprint density at radius 1 is 0.684 bits per heavy atom. The zero-order chi connectivity index (χ0) is 26.6. The first-order valence-electron chi connectivity index (χ1n) is 12.1. The van der Waals surface area contributed by atoms with E-state index in [1.54, 1.807) is 32.6 Å². The Hall–Kier alpha value is -4.78. The fraction of sp³-hybridized carbons (Fsp3) is 0.161. The van der Waals surface area contributed by atoms with Crippen molar-refractivity contribution in [1.82, 2.24) is 5.43 Å². The largest absolute Gasteiger partial charge is 0.493 e. The van der Waals surface area contributed by atoms with Gasteiger partial charge in [0.15, 0.2) is 23.0 Å². The molecule has 0 saturated heterocycles. The summed E-state index contributed by atoms with van der Waals surface area (Å²) in [5.41, 5.74) is 6.23. The van der Waals surface area contributed by atoms with Gasteiger partial charge in [0.2, 0.25) is 5.91 Å². The van der Waals surface area contributed by atoms with Crippen molar-refractivity contribution in [2.75, 3.05) is 14.2 Å². The van der Waals surface area contributed by atoms with Gasteiger partial charge in [-0.25, -0.2) is 5.43 Å². The third-order valence-corrected chi connectivity index (χ3v) is 5.66. The van der Waals surface area contributed by atoms with Crippen LogP contribution >= 0.6 is 0 Å². The van der Waals surface area contributed by atoms with Crippen LogP contribution in [0.15, 0.2) is 102 Å². The van der Waals surface area contributed by atoms with Gasteiger partial charge in [0.05, 0.1) is 26.9 Å². The Balaban J connectivity index is 1.33. The molecule has 0 spiro atoms. The molecule has 4 aromatic rings. The summed E-state index contributed by atoms with van der Waals surface area (Å²) in [6, 6.07) is 30.6. The SMILES string of the molecule is COc1cc(/C=N/NC(=O)Cc2ccccc2)ccc1OCc1ccc(OCc2ccccc2)c(OC)c1. The quantitative estimate of drug-likeness (QED) is 0.200. The van der Waals surface area contributed by atoms with Gasteiger partial charge >= 0.3 is 0 Å². The number of rotatable bonds is 12. The highest BCUT2D eigenvalue weighted by Crippen LogP contribution is 2.31. The van der Waals surface area contributed by atoms with Crippen LogP contribution in [0.3, 0.4) is 0 Å². The van der Waals surface area contributed by atoms with E-state index in [0.717, 1.165) is 22.3 Å². The molecule has 0 saturated carbocycles. The van der Waals surface area contributed by atoms with Gasteiger partial charge in [-0.1, -0.05) is 66.7 Å². The first kappa shape index (κ1) is 26.3. The third kappa shape index (κ3) is 7.61. The molecule has 7 nitrogen and oxygen atoms in total. The summed E-state index contributed by atoms with van der Waals surface area (Å²) in [5.74, 6) is 2.25. The second-order valence-electron chi connectivity index (χ2n) is 8.41. The van der Waals surface area contributed by atoms with Crippen molar-refractivity contribution in [3.8, 4) is 23.0 Å². The van der Waals surface area contributed by atoms with Crippen molar-refractivity contribution in [3.63, 3.8) is 0 Å². The predicted molar refractivity (Wildman–Crippen MR) is 147 cm³/mol. The minimum absolute atomic E-state index is 0.189. The van der Waals surface area contributed by atoms with Crippen molar-refractivity contribution in [2.45, 2.75) is 19.6 Å². The van der Waals surface area contributed by atoms with Crippen LogP contribution in [0.5, 0.6) is 23.0 Å². The Morgan fingerprint density at radius 2 is 1.26 bits per heavy atom. The van der Waals surface area contributed by atoms with Crippen LogP contribution in [0.25, 0.3) is 0 Å². The number of carbonyl (C=O) groups is 1. The summed E-state index contributed by atoms with van der Waals surface area (Å²) >= 11 is 0. The summed E-state index contributed by atoms with van der Waals surface area (Å²) in [5, 5.41) is 4.05. The maximum atomic E-state index is 12.1. The smallest absolute Gasteiger partial charge is 0.244 e. The van der Waals surface area contributed by atoms with E-state index >= 15 is 0 Å². The van der Waals surface area contributed by atoms with Crippen LogP contribution in [0.4, 0.5) is 0 Å². The zero-order valence-electron chi connectivity index (χ0n) is 21.4. The standard InChI is InChI=1S/C31H30N2O5/c1-35-29-17-25(20-32-33-31(34)19-23-9-5-3-6-10-23)13-15-27(29)38-22-26-14-16-28(30(18-26)36-2)37-21-24-11-7-4-8-12-24/h3-18,20H,19,21-22H2,1-2H3,(H,33,34)/b32-20+. The summed E-state index contributed by atoms with van der Waals surface area (Å²) < 4.78 is 23.0. The molecular weight excluding hydrogens is 480 g/mol. The fourth-order valence-corrected chi connectivity index (χ4v) is 3.70. The number of benzene rings is 4. The van der Waals surface area contributed by atoms with Crippen molar-refractivity contribution in [3.05, 3.63) is 119 Å². The molecule has 0 radical (unpaired) electrons. The second-order valence-corrected chi connectivity index (χ2v) is 8.41. The van der Waals surface area contributed by atoms with Crippen molar-refractivity contribution < 1.29 is 23.7 Å². The van der Waals surface area contributed by atoms with Crippen LogP contribution in [0.1, 0.15) is 22.3 Å². The number of hydrogen-bond donors (Lipinski definition) is 1. The van der Waals surface area contributed by atoms with Crippen molar-refractivity contribution >= 4 is 12.1 Å². The monoisotopic (exact) mass is 510 g/mol. The molecule has 1 amide bonds. The molecule has 1 N–H and O–H groups in total. The Bertz CT molecular complexity index is 1360. The lowest BCUT2D eigenvalue weighted by Crippen LogP contribution is -2.19. The number of hydrazone groups is 1. The molecule has 4 aromatic carbocycles. The predicted octanol–water partition coefficient (Wildman–Crippen LogP) is 5.55. The van der Waals surface area contributed by atoms with Gasteiger partial charge in [0.25, 0.3) is 0 Å². The van der Waals surface area contributed by atoms with E-state index in [2.05, 4.69) is 10.5 Å². The first-order chi connectivity index (χ1) is 18.6. The molecule has 0 aliphatic heterocycles. The number of nitrogens with zero attached hydrogens (tertiary/aromatic N) is 1. The van der Waals surface area contributed by atoms with Gasteiger partial charge in [-0.15, -0.1) is 0 Å². The van der Waals surface area contributed by atoms with E-state index in [9.17, 15) is 4.79 Å². The molecule has 0 fully saturated rings. The summed E-state index contributed by atoms with van der Waals surface area (Å²) in [6.07, 6.45) is 1.83. The molecule has 0 heterocycles. The molecule has 0 aromatic heterocycles. The van der Waals surface area contributed by atoms with Crippen LogP contribution in [-0.4, -0.2) is 26.3 Å². The van der Waals surface area contributed by atoms with Gasteiger partial charge in [-0.05, 0) is 52.6 Å². The van der Waals surface area contributed by atoms with Gasteiger partial charge in [0, 0.05) is 0 Å². The molecule has 0 aliphatic carbocycles. The van der Waals surface area contributed by atoms with Crippen LogP contribution in [-0.2, 0) is 24.4 Å². The molecule has 4 rings (SSSR count). The maximum absolute atomic E-state index is 12.1.